The fourth-order valence-electron chi connectivity index (χ4n) is 3.25. The molecule has 0 radical (unpaired) electrons. The Balaban J connectivity index is 2.84. The fourth-order valence-corrected chi connectivity index (χ4v) is 3.53. The average molecular weight is 355 g/mol. The minimum Gasteiger partial charge on any atom is -0.507 e. The summed E-state index contributed by atoms with van der Waals surface area (Å²) in [7, 11) is 1.53. The van der Waals surface area contributed by atoms with Crippen molar-refractivity contribution >= 4 is 21.7 Å². The number of carbonyl (C=O) groups is 1. The van der Waals surface area contributed by atoms with Gasteiger partial charge in [0, 0.05) is 5.56 Å². The van der Waals surface area contributed by atoms with Crippen molar-refractivity contribution in [3.05, 3.63) is 22.8 Å². The summed E-state index contributed by atoms with van der Waals surface area (Å²) in [5.74, 6) is 0.388. The van der Waals surface area contributed by atoms with Crippen LogP contribution in [-0.2, 0) is 10.8 Å². The van der Waals surface area contributed by atoms with Crippen LogP contribution in [0.2, 0.25) is 0 Å². The summed E-state index contributed by atoms with van der Waals surface area (Å²) in [5, 5.41) is 11.0. The van der Waals surface area contributed by atoms with E-state index in [4.69, 9.17) is 4.74 Å². The van der Waals surface area contributed by atoms with E-state index in [1.165, 1.54) is 7.11 Å². The van der Waals surface area contributed by atoms with Gasteiger partial charge in [-0.2, -0.15) is 0 Å². The second-order valence-electron chi connectivity index (χ2n) is 7.05. The van der Waals surface area contributed by atoms with Crippen LogP contribution in [0.3, 0.4) is 0 Å². The van der Waals surface area contributed by atoms with Gasteiger partial charge in [-0.1, -0.05) is 43.6 Å². The van der Waals surface area contributed by atoms with Gasteiger partial charge in [-0.15, -0.1) is 0 Å². The first-order chi connectivity index (χ1) is 9.65. The molecule has 21 heavy (non-hydrogen) atoms. The van der Waals surface area contributed by atoms with Crippen molar-refractivity contribution in [2.45, 2.75) is 51.4 Å². The van der Waals surface area contributed by atoms with E-state index in [0.29, 0.717) is 11.3 Å². The van der Waals surface area contributed by atoms with E-state index in [0.717, 1.165) is 24.0 Å². The first-order valence-corrected chi connectivity index (χ1v) is 8.32. The highest BCUT2D eigenvalue weighted by atomic mass is 79.9. The number of hydrogen-bond donors (Lipinski definition) is 1. The first-order valence-electron chi connectivity index (χ1n) is 7.20. The third-order valence-corrected chi connectivity index (χ3v) is 5.18. The number of ether oxygens (including phenoxy) is 1. The van der Waals surface area contributed by atoms with Crippen molar-refractivity contribution in [1.29, 1.82) is 0 Å². The molecule has 0 bridgehead atoms. The Morgan fingerprint density at radius 2 is 1.86 bits per heavy atom. The Hall–Kier alpha value is -1.03. The maximum Gasteiger partial charge on any atom is 0.180 e. The number of phenols is 1. The van der Waals surface area contributed by atoms with Crippen LogP contribution in [0.25, 0.3) is 0 Å². The molecule has 0 spiro atoms. The number of alkyl halides is 1. The predicted octanol–water partition coefficient (Wildman–Crippen LogP) is 4.33. The van der Waals surface area contributed by atoms with E-state index >= 15 is 0 Å². The summed E-state index contributed by atoms with van der Waals surface area (Å²) in [6.45, 7) is 8.59. The molecule has 0 amide bonds. The molecule has 0 aromatic heterocycles. The second kappa shape index (κ2) is 5.31. The lowest BCUT2D eigenvalue weighted by atomic mass is 9.62. The van der Waals surface area contributed by atoms with Crippen LogP contribution in [-0.4, -0.2) is 23.3 Å². The van der Waals surface area contributed by atoms with Crippen molar-refractivity contribution in [2.75, 3.05) is 12.4 Å². The zero-order valence-corrected chi connectivity index (χ0v) is 14.9. The Labute approximate surface area is 134 Å². The quantitative estimate of drug-likeness (QED) is 0.649. The molecule has 1 aliphatic rings. The molecule has 1 aliphatic carbocycles. The molecule has 0 heterocycles. The van der Waals surface area contributed by atoms with Crippen LogP contribution in [0.5, 0.6) is 11.5 Å². The van der Waals surface area contributed by atoms with E-state index in [9.17, 15) is 9.90 Å². The van der Waals surface area contributed by atoms with Crippen molar-refractivity contribution < 1.29 is 14.6 Å². The zero-order valence-electron chi connectivity index (χ0n) is 13.3. The first kappa shape index (κ1) is 16.3. The number of carbonyl (C=O) groups excluding carboxylic acids is 1. The summed E-state index contributed by atoms with van der Waals surface area (Å²) < 4.78 is 5.38. The van der Waals surface area contributed by atoms with Gasteiger partial charge in [0.1, 0.15) is 17.1 Å². The third-order valence-electron chi connectivity index (χ3n) is 4.67. The summed E-state index contributed by atoms with van der Waals surface area (Å²) in [5.41, 5.74) is 2.08. The number of halogens is 1. The van der Waals surface area contributed by atoms with E-state index in [1.807, 2.05) is 6.07 Å². The summed E-state index contributed by atoms with van der Waals surface area (Å²) in [6, 6.07) is 1.94. The highest BCUT2D eigenvalue weighted by Gasteiger charge is 2.41. The van der Waals surface area contributed by atoms with Gasteiger partial charge in [0.05, 0.1) is 12.4 Å². The molecular formula is C17H23BrO3. The number of phenolic OH excluding ortho intramolecular Hbond substituents is 1. The molecule has 2 rings (SSSR count). The molecule has 116 valence electrons. The van der Waals surface area contributed by atoms with Crippen molar-refractivity contribution in [1.82, 2.24) is 0 Å². The number of rotatable bonds is 3. The van der Waals surface area contributed by atoms with Crippen LogP contribution < -0.4 is 4.74 Å². The number of hydrogen-bond acceptors (Lipinski definition) is 3. The van der Waals surface area contributed by atoms with Crippen LogP contribution in [0.15, 0.2) is 6.07 Å². The SMILES string of the molecule is COc1cc2c(c(O)c1C(=O)CBr)C(C)(C)CCC2(C)C. The molecule has 0 aliphatic heterocycles. The number of fused-ring (bicyclic) bond motifs is 1. The standard InChI is InChI=1S/C17H23BrO3/c1-16(2)6-7-17(3,4)14-10(16)8-12(21-5)13(15(14)20)11(19)9-18/h8,20H,6-7,9H2,1-5H3. The largest absolute Gasteiger partial charge is 0.507 e. The molecule has 0 saturated heterocycles. The molecule has 1 N–H and O–H groups in total. The molecule has 0 saturated carbocycles. The number of ketones is 1. The number of Topliss-reactive ketones (excluding diaryl/α,β-unsaturated/α-hetero) is 1. The third kappa shape index (κ3) is 2.59. The van der Waals surface area contributed by atoms with Gasteiger partial charge in [0.2, 0.25) is 0 Å². The van der Waals surface area contributed by atoms with Gasteiger partial charge in [0.25, 0.3) is 0 Å². The monoisotopic (exact) mass is 354 g/mol. The van der Waals surface area contributed by atoms with Gasteiger partial charge >= 0.3 is 0 Å². The number of benzene rings is 1. The molecular weight excluding hydrogens is 332 g/mol. The molecule has 1 aromatic carbocycles. The smallest absolute Gasteiger partial charge is 0.180 e. The van der Waals surface area contributed by atoms with E-state index in [2.05, 4.69) is 43.6 Å². The maximum atomic E-state index is 12.2. The van der Waals surface area contributed by atoms with Crippen molar-refractivity contribution in [3.8, 4) is 11.5 Å². The molecule has 3 nitrogen and oxygen atoms in total. The Morgan fingerprint density at radius 1 is 1.29 bits per heavy atom. The molecule has 4 heteroatoms. The van der Waals surface area contributed by atoms with E-state index < -0.39 is 0 Å². The Kier molecular flexibility index (Phi) is 4.13. The van der Waals surface area contributed by atoms with Gasteiger partial charge in [0.15, 0.2) is 5.78 Å². The van der Waals surface area contributed by atoms with E-state index in [-0.39, 0.29) is 27.7 Å². The Bertz CT molecular complexity index is 588. The summed E-state index contributed by atoms with van der Waals surface area (Å²) >= 11 is 3.18. The minimum absolute atomic E-state index is 0.0361. The number of aromatic hydroxyl groups is 1. The lowest BCUT2D eigenvalue weighted by Gasteiger charge is -2.42. The van der Waals surface area contributed by atoms with E-state index in [1.54, 1.807) is 0 Å². The summed E-state index contributed by atoms with van der Waals surface area (Å²) in [6.07, 6.45) is 2.02. The second-order valence-corrected chi connectivity index (χ2v) is 7.61. The molecule has 0 fully saturated rings. The van der Waals surface area contributed by atoms with Gasteiger partial charge in [-0.3, -0.25) is 4.79 Å². The van der Waals surface area contributed by atoms with Crippen LogP contribution in [0.1, 0.15) is 62.0 Å². The maximum absolute atomic E-state index is 12.2. The summed E-state index contributed by atoms with van der Waals surface area (Å²) in [4.78, 5) is 12.2. The average Bonchev–Trinajstić information content (AvgIpc) is 2.42. The number of methoxy groups -OCH3 is 1. The molecule has 1 aromatic rings. The topological polar surface area (TPSA) is 46.5 Å². The highest BCUT2D eigenvalue weighted by molar-refractivity contribution is 9.09. The van der Waals surface area contributed by atoms with Crippen LogP contribution in [0, 0.1) is 0 Å². The lowest BCUT2D eigenvalue weighted by Crippen LogP contribution is -2.34. The van der Waals surface area contributed by atoms with Gasteiger partial charge in [-0.25, -0.2) is 0 Å². The molecule has 0 atom stereocenters. The van der Waals surface area contributed by atoms with Crippen LogP contribution >= 0.6 is 15.9 Å². The van der Waals surface area contributed by atoms with Gasteiger partial charge < -0.3 is 9.84 Å². The van der Waals surface area contributed by atoms with Gasteiger partial charge in [-0.05, 0) is 35.3 Å². The predicted molar refractivity (Wildman–Crippen MR) is 88.1 cm³/mol. The van der Waals surface area contributed by atoms with Crippen molar-refractivity contribution in [3.63, 3.8) is 0 Å². The zero-order chi connectivity index (χ0) is 16.0. The minimum atomic E-state index is -0.161. The normalized spacial score (nSPS) is 19.0. The highest BCUT2D eigenvalue weighted by Crippen LogP contribution is 2.52. The fraction of sp³-hybridized carbons (Fsp3) is 0.588. The van der Waals surface area contributed by atoms with Crippen molar-refractivity contribution in [2.24, 2.45) is 0 Å². The lowest BCUT2D eigenvalue weighted by molar-refractivity contribution is 0.101. The van der Waals surface area contributed by atoms with Crippen LogP contribution in [0.4, 0.5) is 0 Å². The Morgan fingerprint density at radius 3 is 2.38 bits per heavy atom. The molecule has 0 unspecified atom stereocenters.